The maximum atomic E-state index is 10.8. The van der Waals surface area contributed by atoms with E-state index in [0.717, 1.165) is 28.9 Å². The quantitative estimate of drug-likeness (QED) is 0.406. The van der Waals surface area contributed by atoms with Crippen LogP contribution < -0.4 is 20.5 Å². The molecule has 6 nitrogen and oxygen atoms in total. The summed E-state index contributed by atoms with van der Waals surface area (Å²) in [7, 11) is 0. The average Bonchev–Trinajstić information content (AvgIpc) is 2.82. The van der Waals surface area contributed by atoms with E-state index in [1.807, 2.05) is 78.9 Å². The normalized spacial score (nSPS) is 12.7. The Morgan fingerprint density at radius 2 is 1.53 bits per heavy atom. The lowest BCUT2D eigenvalue weighted by atomic mass is 10.1. The van der Waals surface area contributed by atoms with Crippen LogP contribution in [0, 0.1) is 0 Å². The van der Waals surface area contributed by atoms with E-state index in [1.165, 1.54) is 0 Å². The lowest BCUT2D eigenvalue weighted by Crippen LogP contribution is -2.32. The molecule has 3 aromatic carbocycles. The van der Waals surface area contributed by atoms with Crippen LogP contribution >= 0.6 is 0 Å². The van der Waals surface area contributed by atoms with Gasteiger partial charge in [-0.1, -0.05) is 54.6 Å². The van der Waals surface area contributed by atoms with E-state index in [-0.39, 0.29) is 12.6 Å². The van der Waals surface area contributed by atoms with Crippen LogP contribution in [0.25, 0.3) is 0 Å². The molecule has 0 saturated heterocycles. The Bertz CT molecular complexity index is 959. The molecule has 6 heteroatoms. The fourth-order valence-electron chi connectivity index (χ4n) is 3.26. The van der Waals surface area contributed by atoms with Crippen molar-refractivity contribution in [3.63, 3.8) is 0 Å². The van der Waals surface area contributed by atoms with Gasteiger partial charge in [0.2, 0.25) is 0 Å². The molecule has 4 N–H and O–H groups in total. The van der Waals surface area contributed by atoms with Gasteiger partial charge >= 0.3 is 0 Å². The zero-order valence-corrected chi connectivity index (χ0v) is 18.2. The van der Waals surface area contributed by atoms with Gasteiger partial charge in [0.1, 0.15) is 18.1 Å². The third kappa shape index (κ3) is 7.72. The Hall–Kier alpha value is -3.35. The predicted molar refractivity (Wildman–Crippen MR) is 124 cm³/mol. The zero-order valence-electron chi connectivity index (χ0n) is 18.2. The Morgan fingerprint density at radius 3 is 2.19 bits per heavy atom. The molecular weight excluding hydrogens is 404 g/mol. The van der Waals surface area contributed by atoms with Crippen LogP contribution in [0.3, 0.4) is 0 Å². The number of rotatable bonds is 12. The van der Waals surface area contributed by atoms with Gasteiger partial charge in [-0.15, -0.1) is 0 Å². The van der Waals surface area contributed by atoms with Gasteiger partial charge in [0, 0.05) is 12.6 Å². The lowest BCUT2D eigenvalue weighted by Gasteiger charge is -2.18. The SMILES string of the molecule is C[C@H](Cc1ccc(OCC(N)=O)cc1)NC[C@H](O)c1ccc(OCc2ccccc2)cc1. The van der Waals surface area contributed by atoms with Crippen LogP contribution in [0.4, 0.5) is 0 Å². The molecular formula is C26H30N2O4. The van der Waals surface area contributed by atoms with Gasteiger partial charge in [-0.05, 0) is 54.3 Å². The third-order valence-corrected chi connectivity index (χ3v) is 5.02. The molecule has 0 bridgehead atoms. The smallest absolute Gasteiger partial charge is 0.255 e. The highest BCUT2D eigenvalue weighted by Crippen LogP contribution is 2.19. The Balaban J connectivity index is 1.41. The molecule has 0 aromatic heterocycles. The number of benzene rings is 3. The first-order valence-corrected chi connectivity index (χ1v) is 10.7. The minimum Gasteiger partial charge on any atom is -0.489 e. The first kappa shape index (κ1) is 23.3. The van der Waals surface area contributed by atoms with E-state index in [0.29, 0.717) is 18.9 Å². The number of primary amides is 1. The summed E-state index contributed by atoms with van der Waals surface area (Å²) in [6.07, 6.45) is 0.194. The maximum Gasteiger partial charge on any atom is 0.255 e. The van der Waals surface area contributed by atoms with Gasteiger partial charge in [0.15, 0.2) is 6.61 Å². The van der Waals surface area contributed by atoms with Crippen molar-refractivity contribution in [2.75, 3.05) is 13.2 Å². The number of carbonyl (C=O) groups is 1. The van der Waals surface area contributed by atoms with E-state index in [1.54, 1.807) is 0 Å². The molecule has 168 valence electrons. The highest BCUT2D eigenvalue weighted by molar-refractivity contribution is 5.75. The van der Waals surface area contributed by atoms with Gasteiger partial charge in [-0.2, -0.15) is 0 Å². The first-order valence-electron chi connectivity index (χ1n) is 10.7. The molecule has 0 unspecified atom stereocenters. The van der Waals surface area contributed by atoms with Crippen LogP contribution in [0.15, 0.2) is 78.9 Å². The number of amides is 1. The van der Waals surface area contributed by atoms with E-state index in [4.69, 9.17) is 15.2 Å². The summed E-state index contributed by atoms with van der Waals surface area (Å²) in [6.45, 7) is 2.91. The predicted octanol–water partition coefficient (Wildman–Crippen LogP) is 3.38. The number of aliphatic hydroxyl groups excluding tert-OH is 1. The van der Waals surface area contributed by atoms with Crippen molar-refractivity contribution in [2.45, 2.75) is 32.1 Å². The van der Waals surface area contributed by atoms with Crippen LogP contribution in [0.1, 0.15) is 29.7 Å². The fourth-order valence-corrected chi connectivity index (χ4v) is 3.26. The second kappa shape index (κ2) is 11.9. The third-order valence-electron chi connectivity index (χ3n) is 5.02. The van der Waals surface area contributed by atoms with Gasteiger partial charge in [0.05, 0.1) is 6.10 Å². The molecule has 0 aliphatic heterocycles. The molecule has 0 spiro atoms. The molecule has 0 aliphatic rings. The number of aliphatic hydroxyl groups is 1. The maximum absolute atomic E-state index is 10.8. The van der Waals surface area contributed by atoms with Gasteiger partial charge in [0.25, 0.3) is 5.91 Å². The number of hydrogen-bond donors (Lipinski definition) is 3. The topological polar surface area (TPSA) is 93.8 Å². The summed E-state index contributed by atoms with van der Waals surface area (Å²) < 4.78 is 11.1. The van der Waals surface area contributed by atoms with Crippen molar-refractivity contribution in [3.05, 3.63) is 95.6 Å². The molecule has 3 rings (SSSR count). The van der Waals surface area contributed by atoms with E-state index in [9.17, 15) is 9.90 Å². The second-order valence-electron chi connectivity index (χ2n) is 7.77. The molecule has 0 fully saturated rings. The monoisotopic (exact) mass is 434 g/mol. The summed E-state index contributed by atoms with van der Waals surface area (Å²) in [6, 6.07) is 25.3. The summed E-state index contributed by atoms with van der Waals surface area (Å²) in [5.74, 6) is 0.883. The number of ether oxygens (including phenoxy) is 2. The van der Waals surface area contributed by atoms with E-state index < -0.39 is 12.0 Å². The van der Waals surface area contributed by atoms with Crippen molar-refractivity contribution in [1.82, 2.24) is 5.32 Å². The molecule has 0 heterocycles. The Kier molecular flexibility index (Phi) is 8.66. The summed E-state index contributed by atoms with van der Waals surface area (Å²) in [4.78, 5) is 10.8. The number of hydrogen-bond acceptors (Lipinski definition) is 5. The van der Waals surface area contributed by atoms with Crippen molar-refractivity contribution in [1.29, 1.82) is 0 Å². The number of nitrogens with two attached hydrogens (primary N) is 1. The van der Waals surface area contributed by atoms with Crippen LogP contribution in [-0.2, 0) is 17.8 Å². The lowest BCUT2D eigenvalue weighted by molar-refractivity contribution is -0.119. The molecule has 1 amide bonds. The molecule has 0 saturated carbocycles. The largest absolute Gasteiger partial charge is 0.489 e. The minimum absolute atomic E-state index is 0.130. The average molecular weight is 435 g/mol. The highest BCUT2D eigenvalue weighted by Gasteiger charge is 2.11. The molecule has 0 aliphatic carbocycles. The summed E-state index contributed by atoms with van der Waals surface area (Å²) >= 11 is 0. The van der Waals surface area contributed by atoms with Crippen molar-refractivity contribution in [3.8, 4) is 11.5 Å². The van der Waals surface area contributed by atoms with Crippen molar-refractivity contribution >= 4 is 5.91 Å². The molecule has 0 radical (unpaired) electrons. The van der Waals surface area contributed by atoms with Gasteiger partial charge in [-0.3, -0.25) is 4.79 Å². The van der Waals surface area contributed by atoms with Crippen LogP contribution in [0.5, 0.6) is 11.5 Å². The molecule has 32 heavy (non-hydrogen) atoms. The summed E-state index contributed by atoms with van der Waals surface area (Å²) in [5, 5.41) is 13.9. The van der Waals surface area contributed by atoms with Gasteiger partial charge in [-0.25, -0.2) is 0 Å². The summed E-state index contributed by atoms with van der Waals surface area (Å²) in [5.41, 5.74) is 8.16. The van der Waals surface area contributed by atoms with E-state index >= 15 is 0 Å². The van der Waals surface area contributed by atoms with Crippen LogP contribution in [0.2, 0.25) is 0 Å². The van der Waals surface area contributed by atoms with Crippen LogP contribution in [-0.4, -0.2) is 30.2 Å². The number of nitrogens with one attached hydrogen (secondary N) is 1. The van der Waals surface area contributed by atoms with E-state index in [2.05, 4.69) is 12.2 Å². The Labute approximate surface area is 189 Å². The molecule has 2 atom stereocenters. The first-order chi connectivity index (χ1) is 15.5. The second-order valence-corrected chi connectivity index (χ2v) is 7.77. The Morgan fingerprint density at radius 1 is 0.906 bits per heavy atom. The standard InChI is InChI=1S/C26H30N2O4/c1-19(15-20-7-11-23(12-8-20)32-18-26(27)30)28-16-25(29)22-9-13-24(14-10-22)31-17-21-5-3-2-4-6-21/h2-14,19,25,28-29H,15-18H2,1H3,(H2,27,30)/t19-,25+/m1/s1. The zero-order chi connectivity index (χ0) is 22.8. The van der Waals surface area contributed by atoms with Crippen molar-refractivity contribution in [2.24, 2.45) is 5.73 Å². The minimum atomic E-state index is -0.606. The van der Waals surface area contributed by atoms with Crippen molar-refractivity contribution < 1.29 is 19.4 Å². The fraction of sp³-hybridized carbons (Fsp3) is 0.269. The number of carbonyl (C=O) groups excluding carboxylic acids is 1. The van der Waals surface area contributed by atoms with Gasteiger partial charge < -0.3 is 25.6 Å². The highest BCUT2D eigenvalue weighted by atomic mass is 16.5. The molecule has 3 aromatic rings.